The van der Waals surface area contributed by atoms with Gasteiger partial charge in [0.15, 0.2) is 0 Å². The molecule has 0 amide bonds. The lowest BCUT2D eigenvalue weighted by molar-refractivity contribution is 0.0970. The van der Waals surface area contributed by atoms with Crippen LogP contribution >= 0.6 is 0 Å². The third-order valence-electron chi connectivity index (χ3n) is 3.98. The van der Waals surface area contributed by atoms with E-state index in [1.807, 2.05) is 0 Å². The van der Waals surface area contributed by atoms with Crippen LogP contribution in [0.15, 0.2) is 24.3 Å². The lowest BCUT2D eigenvalue weighted by atomic mass is 9.94. The van der Waals surface area contributed by atoms with Gasteiger partial charge in [-0.05, 0) is 30.4 Å². The molecule has 0 radical (unpaired) electrons. The van der Waals surface area contributed by atoms with E-state index in [1.54, 1.807) is 0 Å². The number of piperidine rings is 1. The Balaban J connectivity index is 2.22. The van der Waals surface area contributed by atoms with Gasteiger partial charge in [0, 0.05) is 24.8 Å². The van der Waals surface area contributed by atoms with Gasteiger partial charge < -0.3 is 15.7 Å². The van der Waals surface area contributed by atoms with E-state index in [2.05, 4.69) is 43.0 Å². The Morgan fingerprint density at radius 1 is 1.44 bits per heavy atom. The molecule has 3 atom stereocenters. The summed E-state index contributed by atoms with van der Waals surface area (Å²) in [7, 11) is 0. The SMILES string of the molecule is CCC(N)c1ccccc1N1CCC(O)C(C)C1. The first-order valence-electron chi connectivity index (χ1n) is 6.91. The normalized spacial score (nSPS) is 26.1. The summed E-state index contributed by atoms with van der Waals surface area (Å²) in [5, 5.41) is 9.82. The van der Waals surface area contributed by atoms with Crippen LogP contribution in [0.25, 0.3) is 0 Å². The summed E-state index contributed by atoms with van der Waals surface area (Å²) in [5.74, 6) is 0.324. The number of benzene rings is 1. The number of hydrogen-bond donors (Lipinski definition) is 2. The minimum absolute atomic E-state index is 0.100. The van der Waals surface area contributed by atoms with Crippen molar-refractivity contribution in [1.82, 2.24) is 0 Å². The highest BCUT2D eigenvalue weighted by Gasteiger charge is 2.25. The van der Waals surface area contributed by atoms with E-state index in [9.17, 15) is 5.11 Å². The predicted molar refractivity (Wildman–Crippen MR) is 75.7 cm³/mol. The first-order valence-corrected chi connectivity index (χ1v) is 6.91. The Hall–Kier alpha value is -1.06. The van der Waals surface area contributed by atoms with Crippen molar-refractivity contribution >= 4 is 5.69 Å². The van der Waals surface area contributed by atoms with E-state index >= 15 is 0 Å². The van der Waals surface area contributed by atoms with E-state index in [0.29, 0.717) is 5.92 Å². The van der Waals surface area contributed by atoms with Crippen molar-refractivity contribution < 1.29 is 5.11 Å². The van der Waals surface area contributed by atoms with Gasteiger partial charge in [-0.1, -0.05) is 32.0 Å². The number of para-hydroxylation sites is 1. The molecule has 1 aromatic rings. The fraction of sp³-hybridized carbons (Fsp3) is 0.600. The van der Waals surface area contributed by atoms with Gasteiger partial charge in [0.25, 0.3) is 0 Å². The summed E-state index contributed by atoms with van der Waals surface area (Å²) in [6.07, 6.45) is 1.63. The topological polar surface area (TPSA) is 49.5 Å². The van der Waals surface area contributed by atoms with Crippen molar-refractivity contribution in [3.05, 3.63) is 29.8 Å². The molecule has 3 nitrogen and oxygen atoms in total. The molecular formula is C15H24N2O. The number of anilines is 1. The number of nitrogens with zero attached hydrogens (tertiary/aromatic N) is 1. The number of aliphatic hydroxyl groups is 1. The maximum Gasteiger partial charge on any atom is 0.0599 e. The maximum absolute atomic E-state index is 9.82. The minimum Gasteiger partial charge on any atom is -0.393 e. The van der Waals surface area contributed by atoms with Crippen molar-refractivity contribution in [3.8, 4) is 0 Å². The van der Waals surface area contributed by atoms with Gasteiger partial charge in [0.1, 0.15) is 0 Å². The predicted octanol–water partition coefficient (Wildman–Crippen LogP) is 2.30. The van der Waals surface area contributed by atoms with Crippen LogP contribution < -0.4 is 10.6 Å². The summed E-state index contributed by atoms with van der Waals surface area (Å²) in [4.78, 5) is 2.36. The lowest BCUT2D eigenvalue weighted by Gasteiger charge is -2.37. The van der Waals surface area contributed by atoms with Gasteiger partial charge >= 0.3 is 0 Å². The molecule has 1 saturated heterocycles. The molecule has 1 fully saturated rings. The molecule has 1 aliphatic rings. The van der Waals surface area contributed by atoms with E-state index in [-0.39, 0.29) is 12.1 Å². The van der Waals surface area contributed by atoms with E-state index in [1.165, 1.54) is 11.3 Å². The van der Waals surface area contributed by atoms with Crippen LogP contribution in [0, 0.1) is 5.92 Å². The van der Waals surface area contributed by atoms with Crippen molar-refractivity contribution in [3.63, 3.8) is 0 Å². The fourth-order valence-electron chi connectivity index (χ4n) is 2.66. The summed E-state index contributed by atoms with van der Waals surface area (Å²) in [6.45, 7) is 6.05. The second-order valence-electron chi connectivity index (χ2n) is 5.35. The molecule has 0 saturated carbocycles. The molecule has 1 heterocycles. The van der Waals surface area contributed by atoms with Crippen LogP contribution in [0.1, 0.15) is 38.3 Å². The van der Waals surface area contributed by atoms with Crippen LogP contribution in [0.3, 0.4) is 0 Å². The zero-order valence-electron chi connectivity index (χ0n) is 11.3. The monoisotopic (exact) mass is 248 g/mol. The van der Waals surface area contributed by atoms with Crippen molar-refractivity contribution in [2.24, 2.45) is 11.7 Å². The van der Waals surface area contributed by atoms with Gasteiger partial charge in [-0.15, -0.1) is 0 Å². The van der Waals surface area contributed by atoms with Gasteiger partial charge in [-0.2, -0.15) is 0 Å². The molecule has 3 heteroatoms. The largest absolute Gasteiger partial charge is 0.393 e. The molecule has 3 unspecified atom stereocenters. The second-order valence-corrected chi connectivity index (χ2v) is 5.35. The smallest absolute Gasteiger partial charge is 0.0599 e. The Bertz CT molecular complexity index is 394. The van der Waals surface area contributed by atoms with Gasteiger partial charge in [-0.3, -0.25) is 0 Å². The molecule has 0 aliphatic carbocycles. The van der Waals surface area contributed by atoms with E-state index in [4.69, 9.17) is 5.73 Å². The number of nitrogens with two attached hydrogens (primary N) is 1. The van der Waals surface area contributed by atoms with Crippen LogP contribution in [0.2, 0.25) is 0 Å². The third kappa shape index (κ3) is 2.68. The van der Waals surface area contributed by atoms with Crippen molar-refractivity contribution in [2.75, 3.05) is 18.0 Å². The number of hydrogen-bond acceptors (Lipinski definition) is 3. The first-order chi connectivity index (χ1) is 8.63. The highest BCUT2D eigenvalue weighted by molar-refractivity contribution is 5.55. The summed E-state index contributed by atoms with van der Waals surface area (Å²) in [6, 6.07) is 8.49. The lowest BCUT2D eigenvalue weighted by Crippen LogP contribution is -2.42. The molecule has 0 bridgehead atoms. The van der Waals surface area contributed by atoms with E-state index < -0.39 is 0 Å². The highest BCUT2D eigenvalue weighted by atomic mass is 16.3. The molecule has 100 valence electrons. The molecule has 3 N–H and O–H groups in total. The quantitative estimate of drug-likeness (QED) is 0.863. The average molecular weight is 248 g/mol. The fourth-order valence-corrected chi connectivity index (χ4v) is 2.66. The minimum atomic E-state index is -0.159. The molecule has 2 rings (SSSR count). The van der Waals surface area contributed by atoms with Crippen LogP contribution in [-0.4, -0.2) is 24.3 Å². The van der Waals surface area contributed by atoms with Crippen LogP contribution in [-0.2, 0) is 0 Å². The van der Waals surface area contributed by atoms with Crippen molar-refractivity contribution in [1.29, 1.82) is 0 Å². The Kier molecular flexibility index (Phi) is 4.25. The molecule has 1 aromatic carbocycles. The Morgan fingerprint density at radius 2 is 2.17 bits per heavy atom. The second kappa shape index (κ2) is 5.72. The highest BCUT2D eigenvalue weighted by Crippen LogP contribution is 2.30. The molecular weight excluding hydrogens is 224 g/mol. The number of aliphatic hydroxyl groups excluding tert-OH is 1. The Morgan fingerprint density at radius 3 is 2.83 bits per heavy atom. The van der Waals surface area contributed by atoms with Crippen LogP contribution in [0.4, 0.5) is 5.69 Å². The maximum atomic E-state index is 9.82. The number of rotatable bonds is 3. The molecule has 18 heavy (non-hydrogen) atoms. The summed E-state index contributed by atoms with van der Waals surface area (Å²) < 4.78 is 0. The molecule has 1 aliphatic heterocycles. The van der Waals surface area contributed by atoms with Gasteiger partial charge in [-0.25, -0.2) is 0 Å². The zero-order valence-corrected chi connectivity index (χ0v) is 11.3. The summed E-state index contributed by atoms with van der Waals surface area (Å²) in [5.41, 5.74) is 8.65. The Labute approximate surface area is 110 Å². The average Bonchev–Trinajstić information content (AvgIpc) is 2.41. The third-order valence-corrected chi connectivity index (χ3v) is 3.98. The zero-order chi connectivity index (χ0) is 13.1. The van der Waals surface area contributed by atoms with Gasteiger partial charge in [0.2, 0.25) is 0 Å². The van der Waals surface area contributed by atoms with Crippen LogP contribution in [0.5, 0.6) is 0 Å². The first kappa shape index (κ1) is 13.4. The van der Waals surface area contributed by atoms with Gasteiger partial charge in [0.05, 0.1) is 6.10 Å². The molecule has 0 spiro atoms. The molecule has 0 aromatic heterocycles. The summed E-state index contributed by atoms with van der Waals surface area (Å²) >= 11 is 0. The van der Waals surface area contributed by atoms with Crippen molar-refractivity contribution in [2.45, 2.75) is 38.8 Å². The van der Waals surface area contributed by atoms with E-state index in [0.717, 1.165) is 25.9 Å². The standard InChI is InChI=1S/C15H24N2O/c1-3-13(16)12-6-4-5-7-14(12)17-9-8-15(18)11(2)10-17/h4-7,11,13,15,18H,3,8-10,16H2,1-2H3.